The number of halogens is 2. The fourth-order valence-electron chi connectivity index (χ4n) is 1.78. The number of anilines is 1. The molecule has 0 radical (unpaired) electrons. The van der Waals surface area contributed by atoms with Crippen LogP contribution in [-0.2, 0) is 14.8 Å². The quantitative estimate of drug-likeness (QED) is 0.865. The highest BCUT2D eigenvalue weighted by Gasteiger charge is 2.22. The standard InChI is InChI=1S/C15H14ClFN2O3S/c1-10(15(20)18-13-4-2-3-12(17)9-13)19-23(21,22)14-7-5-11(16)6-8-14/h2-10,19H,1H3,(H,18,20)/t10-/m1/s1. The molecule has 0 saturated carbocycles. The second kappa shape index (κ2) is 7.08. The number of sulfonamides is 1. The van der Waals surface area contributed by atoms with E-state index >= 15 is 0 Å². The molecule has 23 heavy (non-hydrogen) atoms. The second-order valence-corrected chi connectivity index (χ2v) is 6.95. The summed E-state index contributed by atoms with van der Waals surface area (Å²) in [4.78, 5) is 12.0. The predicted molar refractivity (Wildman–Crippen MR) is 86.3 cm³/mol. The number of hydrogen-bond donors (Lipinski definition) is 2. The highest BCUT2D eigenvalue weighted by atomic mass is 35.5. The van der Waals surface area contributed by atoms with E-state index in [4.69, 9.17) is 11.6 Å². The van der Waals surface area contributed by atoms with Crippen molar-refractivity contribution in [2.45, 2.75) is 17.9 Å². The number of nitrogens with one attached hydrogen (secondary N) is 2. The Kier molecular flexibility index (Phi) is 5.35. The van der Waals surface area contributed by atoms with Crippen LogP contribution in [0.4, 0.5) is 10.1 Å². The normalized spacial score (nSPS) is 12.7. The fraction of sp³-hybridized carbons (Fsp3) is 0.133. The lowest BCUT2D eigenvalue weighted by molar-refractivity contribution is -0.117. The van der Waals surface area contributed by atoms with Gasteiger partial charge in [-0.3, -0.25) is 4.79 Å². The van der Waals surface area contributed by atoms with Crippen molar-refractivity contribution in [1.82, 2.24) is 4.72 Å². The lowest BCUT2D eigenvalue weighted by Crippen LogP contribution is -2.41. The van der Waals surface area contributed by atoms with E-state index in [0.717, 1.165) is 6.07 Å². The molecule has 0 aliphatic rings. The molecule has 8 heteroatoms. The minimum absolute atomic E-state index is 0.00712. The number of hydrogen-bond acceptors (Lipinski definition) is 3. The van der Waals surface area contributed by atoms with Gasteiger partial charge in [-0.15, -0.1) is 0 Å². The van der Waals surface area contributed by atoms with E-state index in [9.17, 15) is 17.6 Å². The molecular weight excluding hydrogens is 343 g/mol. The first-order valence-corrected chi connectivity index (χ1v) is 8.48. The summed E-state index contributed by atoms with van der Waals surface area (Å²) in [5, 5.41) is 2.84. The number of benzene rings is 2. The summed E-state index contributed by atoms with van der Waals surface area (Å²) in [5.41, 5.74) is 0.243. The molecule has 1 amide bonds. The Morgan fingerprint density at radius 3 is 2.43 bits per heavy atom. The zero-order chi connectivity index (χ0) is 17.0. The van der Waals surface area contributed by atoms with Gasteiger partial charge in [0.15, 0.2) is 0 Å². The van der Waals surface area contributed by atoms with E-state index in [0.29, 0.717) is 5.02 Å². The highest BCUT2D eigenvalue weighted by Crippen LogP contribution is 2.15. The molecule has 1 atom stereocenters. The van der Waals surface area contributed by atoms with Gasteiger partial charge in [0.05, 0.1) is 10.9 Å². The average Bonchev–Trinajstić information content (AvgIpc) is 2.47. The SMILES string of the molecule is C[C@@H](NS(=O)(=O)c1ccc(Cl)cc1)C(=O)Nc1cccc(F)c1. The van der Waals surface area contributed by atoms with E-state index in [1.165, 1.54) is 49.4 Å². The van der Waals surface area contributed by atoms with Crippen molar-refractivity contribution in [2.75, 3.05) is 5.32 Å². The summed E-state index contributed by atoms with van der Waals surface area (Å²) in [7, 11) is -3.87. The molecule has 2 rings (SSSR count). The van der Waals surface area contributed by atoms with Gasteiger partial charge in [-0.05, 0) is 49.4 Å². The van der Waals surface area contributed by atoms with Crippen LogP contribution in [0.2, 0.25) is 5.02 Å². The van der Waals surface area contributed by atoms with Gasteiger partial charge < -0.3 is 5.32 Å². The van der Waals surface area contributed by atoms with Gasteiger partial charge in [0.25, 0.3) is 0 Å². The molecule has 0 aromatic heterocycles. The fourth-order valence-corrected chi connectivity index (χ4v) is 3.11. The summed E-state index contributed by atoms with van der Waals surface area (Å²) in [5.74, 6) is -1.11. The minimum atomic E-state index is -3.87. The molecule has 122 valence electrons. The van der Waals surface area contributed by atoms with Crippen LogP contribution in [0, 0.1) is 5.82 Å². The van der Waals surface area contributed by atoms with E-state index in [2.05, 4.69) is 10.0 Å². The molecule has 2 aromatic rings. The van der Waals surface area contributed by atoms with Gasteiger partial charge in [-0.1, -0.05) is 17.7 Å². The van der Waals surface area contributed by atoms with Gasteiger partial charge in [0.2, 0.25) is 15.9 Å². The molecule has 0 unspecified atom stereocenters. The molecule has 0 aliphatic carbocycles. The van der Waals surface area contributed by atoms with Gasteiger partial charge in [0, 0.05) is 10.7 Å². The largest absolute Gasteiger partial charge is 0.325 e. The maximum absolute atomic E-state index is 13.1. The zero-order valence-electron chi connectivity index (χ0n) is 12.1. The third-order valence-corrected chi connectivity index (χ3v) is 4.75. The van der Waals surface area contributed by atoms with Crippen molar-refractivity contribution in [3.8, 4) is 0 Å². The summed E-state index contributed by atoms with van der Waals surface area (Å²) >= 11 is 5.71. The van der Waals surface area contributed by atoms with E-state index in [-0.39, 0.29) is 10.6 Å². The Balaban J connectivity index is 2.06. The molecule has 2 N–H and O–H groups in total. The number of amides is 1. The number of carbonyl (C=O) groups excluding carboxylic acids is 1. The maximum Gasteiger partial charge on any atom is 0.242 e. The Labute approximate surface area is 138 Å². The van der Waals surface area contributed by atoms with Crippen LogP contribution in [0.5, 0.6) is 0 Å². The highest BCUT2D eigenvalue weighted by molar-refractivity contribution is 7.89. The Bertz CT molecular complexity index is 810. The van der Waals surface area contributed by atoms with Crippen molar-refractivity contribution >= 4 is 33.2 Å². The molecule has 0 heterocycles. The first-order valence-electron chi connectivity index (χ1n) is 6.62. The molecule has 0 spiro atoms. The topological polar surface area (TPSA) is 75.3 Å². The smallest absolute Gasteiger partial charge is 0.242 e. The van der Waals surface area contributed by atoms with E-state index in [1.807, 2.05) is 0 Å². The van der Waals surface area contributed by atoms with Crippen molar-refractivity contribution < 1.29 is 17.6 Å². The molecule has 5 nitrogen and oxygen atoms in total. The molecule has 2 aromatic carbocycles. The Morgan fingerprint density at radius 2 is 1.83 bits per heavy atom. The molecule has 0 fully saturated rings. The van der Waals surface area contributed by atoms with Crippen LogP contribution >= 0.6 is 11.6 Å². The van der Waals surface area contributed by atoms with Crippen LogP contribution in [-0.4, -0.2) is 20.4 Å². The van der Waals surface area contributed by atoms with Gasteiger partial charge in [0.1, 0.15) is 5.82 Å². The number of carbonyl (C=O) groups is 1. The maximum atomic E-state index is 13.1. The third kappa shape index (κ3) is 4.75. The van der Waals surface area contributed by atoms with Gasteiger partial charge in [-0.25, -0.2) is 12.8 Å². The van der Waals surface area contributed by atoms with Crippen molar-refractivity contribution in [3.05, 3.63) is 59.4 Å². The monoisotopic (exact) mass is 356 g/mol. The minimum Gasteiger partial charge on any atom is -0.325 e. The molecule has 0 aliphatic heterocycles. The van der Waals surface area contributed by atoms with Crippen LogP contribution in [0.3, 0.4) is 0 Å². The Morgan fingerprint density at radius 1 is 1.17 bits per heavy atom. The zero-order valence-corrected chi connectivity index (χ0v) is 13.7. The summed E-state index contributed by atoms with van der Waals surface area (Å²) in [6.07, 6.45) is 0. The first kappa shape index (κ1) is 17.4. The molecule has 0 saturated heterocycles. The van der Waals surface area contributed by atoms with Crippen LogP contribution in [0.25, 0.3) is 0 Å². The molecular formula is C15H14ClFN2O3S. The lowest BCUT2D eigenvalue weighted by atomic mass is 10.3. The van der Waals surface area contributed by atoms with Crippen LogP contribution in [0.15, 0.2) is 53.4 Å². The van der Waals surface area contributed by atoms with Gasteiger partial charge in [-0.2, -0.15) is 4.72 Å². The predicted octanol–water partition coefficient (Wildman–Crippen LogP) is 2.78. The summed E-state index contributed by atoms with van der Waals surface area (Å²) < 4.78 is 39.7. The van der Waals surface area contributed by atoms with E-state index < -0.39 is 27.8 Å². The van der Waals surface area contributed by atoms with Crippen molar-refractivity contribution in [3.63, 3.8) is 0 Å². The van der Waals surface area contributed by atoms with Crippen molar-refractivity contribution in [1.29, 1.82) is 0 Å². The van der Waals surface area contributed by atoms with Crippen LogP contribution < -0.4 is 10.0 Å². The van der Waals surface area contributed by atoms with E-state index in [1.54, 1.807) is 0 Å². The lowest BCUT2D eigenvalue weighted by Gasteiger charge is -2.14. The van der Waals surface area contributed by atoms with Crippen molar-refractivity contribution in [2.24, 2.45) is 0 Å². The number of rotatable bonds is 5. The van der Waals surface area contributed by atoms with Crippen LogP contribution in [0.1, 0.15) is 6.92 Å². The third-order valence-electron chi connectivity index (χ3n) is 2.94. The summed E-state index contributed by atoms with van der Waals surface area (Å²) in [6.45, 7) is 1.39. The van der Waals surface area contributed by atoms with Gasteiger partial charge >= 0.3 is 0 Å². The first-order chi connectivity index (χ1) is 10.8. The summed E-state index contributed by atoms with van der Waals surface area (Å²) in [6, 6.07) is 9.82. The second-order valence-electron chi connectivity index (χ2n) is 4.80. The molecule has 0 bridgehead atoms. The Hall–Kier alpha value is -1.96. The average molecular weight is 357 g/mol.